The van der Waals surface area contributed by atoms with Crippen LogP contribution in [0.1, 0.15) is 12.8 Å². The second-order valence-corrected chi connectivity index (χ2v) is 7.86. The maximum absolute atomic E-state index is 13.3. The van der Waals surface area contributed by atoms with Crippen molar-refractivity contribution in [3.05, 3.63) is 47.6 Å². The van der Waals surface area contributed by atoms with Gasteiger partial charge in [0.2, 0.25) is 5.91 Å². The molecular formula is C21H23ClFN3O2S. The van der Waals surface area contributed by atoms with Gasteiger partial charge in [-0.1, -0.05) is 0 Å². The topological polar surface area (TPSA) is 65.5 Å². The molecule has 1 amide bonds. The Balaban J connectivity index is 0.00000240. The van der Waals surface area contributed by atoms with Crippen molar-refractivity contribution in [2.75, 3.05) is 31.1 Å². The third-order valence-electron chi connectivity index (χ3n) is 5.15. The van der Waals surface area contributed by atoms with E-state index in [1.807, 2.05) is 11.4 Å². The van der Waals surface area contributed by atoms with Crippen molar-refractivity contribution < 1.29 is 14.3 Å². The number of aliphatic hydroxyl groups excluding tert-OH is 1. The number of nitrogens with zero attached hydrogens (tertiary/aromatic N) is 2. The van der Waals surface area contributed by atoms with Gasteiger partial charge in [-0.3, -0.25) is 4.79 Å². The number of halogens is 2. The van der Waals surface area contributed by atoms with E-state index in [0.29, 0.717) is 6.54 Å². The highest BCUT2D eigenvalue weighted by Crippen LogP contribution is 2.36. The smallest absolute Gasteiger partial charge is 0.223 e. The third-order valence-corrected chi connectivity index (χ3v) is 6.08. The zero-order chi connectivity index (χ0) is 19.5. The second-order valence-electron chi connectivity index (χ2n) is 6.94. The number of piperidine rings is 1. The van der Waals surface area contributed by atoms with E-state index in [0.717, 1.165) is 53.1 Å². The van der Waals surface area contributed by atoms with Gasteiger partial charge in [-0.05, 0) is 54.6 Å². The summed E-state index contributed by atoms with van der Waals surface area (Å²) in [5.41, 5.74) is 3.76. The summed E-state index contributed by atoms with van der Waals surface area (Å²) in [7, 11) is 0. The summed E-state index contributed by atoms with van der Waals surface area (Å²) in [6.07, 6.45) is 1.55. The van der Waals surface area contributed by atoms with Crippen LogP contribution < -0.4 is 10.2 Å². The number of pyridine rings is 1. The molecule has 154 valence electrons. The summed E-state index contributed by atoms with van der Waals surface area (Å²) in [6, 6.07) is 10.5. The highest BCUT2D eigenvalue weighted by atomic mass is 35.5. The zero-order valence-electron chi connectivity index (χ0n) is 15.8. The molecular weight excluding hydrogens is 413 g/mol. The number of benzene rings is 1. The van der Waals surface area contributed by atoms with Crippen LogP contribution in [0.2, 0.25) is 0 Å². The highest BCUT2D eigenvalue weighted by Gasteiger charge is 2.26. The number of aliphatic hydroxyl groups is 1. The Labute approximate surface area is 179 Å². The first-order chi connectivity index (χ1) is 13.7. The Kier molecular flexibility index (Phi) is 7.05. The molecule has 8 heteroatoms. The number of nitrogens with one attached hydrogen (secondary N) is 1. The number of aromatic nitrogens is 1. The predicted octanol–water partition coefficient (Wildman–Crippen LogP) is 3.85. The van der Waals surface area contributed by atoms with Crippen molar-refractivity contribution in [1.29, 1.82) is 0 Å². The van der Waals surface area contributed by atoms with E-state index >= 15 is 0 Å². The van der Waals surface area contributed by atoms with E-state index in [1.54, 1.807) is 23.5 Å². The highest BCUT2D eigenvalue weighted by molar-refractivity contribution is 7.17. The molecule has 3 heterocycles. The van der Waals surface area contributed by atoms with Crippen molar-refractivity contribution in [1.82, 2.24) is 10.3 Å². The van der Waals surface area contributed by atoms with E-state index in [2.05, 4.69) is 16.3 Å². The number of amides is 1. The maximum Gasteiger partial charge on any atom is 0.223 e. The molecule has 29 heavy (non-hydrogen) atoms. The monoisotopic (exact) mass is 435 g/mol. The Morgan fingerprint density at radius 1 is 1.24 bits per heavy atom. The molecule has 1 aliphatic rings. The molecule has 1 fully saturated rings. The van der Waals surface area contributed by atoms with E-state index in [9.17, 15) is 9.18 Å². The van der Waals surface area contributed by atoms with Crippen molar-refractivity contribution in [3.8, 4) is 11.3 Å². The summed E-state index contributed by atoms with van der Waals surface area (Å²) in [5.74, 6) is -0.251. The third kappa shape index (κ3) is 4.69. The largest absolute Gasteiger partial charge is 0.395 e. The van der Waals surface area contributed by atoms with Gasteiger partial charge in [-0.2, -0.15) is 0 Å². The number of thiophene rings is 1. The quantitative estimate of drug-likeness (QED) is 0.639. The standard InChI is InChI=1S/C21H22FN3O2S.ClH/c22-16-3-1-14(2-4-16)18-13-19(20-17(24-18)7-12-28-20)25-9-5-15(6-10-25)21(27)23-8-11-26;/h1-4,7,12-13,15,26H,5-6,8-11H2,(H,23,27);1H. The lowest BCUT2D eigenvalue weighted by molar-refractivity contribution is -0.125. The summed E-state index contributed by atoms with van der Waals surface area (Å²) >= 11 is 1.66. The first-order valence-electron chi connectivity index (χ1n) is 9.43. The van der Waals surface area contributed by atoms with E-state index in [4.69, 9.17) is 10.1 Å². The van der Waals surface area contributed by atoms with Gasteiger partial charge >= 0.3 is 0 Å². The fraction of sp³-hybridized carbons (Fsp3) is 0.333. The first kappa shape index (κ1) is 21.5. The molecule has 1 aliphatic heterocycles. The molecule has 0 unspecified atom stereocenters. The van der Waals surface area contributed by atoms with Gasteiger partial charge < -0.3 is 15.3 Å². The molecule has 3 aromatic rings. The minimum Gasteiger partial charge on any atom is -0.395 e. The number of carbonyl (C=O) groups excluding carboxylic acids is 1. The molecule has 2 N–H and O–H groups in total. The summed E-state index contributed by atoms with van der Waals surface area (Å²) in [6.45, 7) is 1.85. The molecule has 0 bridgehead atoms. The van der Waals surface area contributed by atoms with Crippen LogP contribution in [0.4, 0.5) is 10.1 Å². The van der Waals surface area contributed by atoms with Crippen LogP contribution in [-0.4, -0.2) is 42.2 Å². The Morgan fingerprint density at radius 2 is 1.97 bits per heavy atom. The summed E-state index contributed by atoms with van der Waals surface area (Å²) < 4.78 is 14.4. The van der Waals surface area contributed by atoms with Crippen molar-refractivity contribution in [3.63, 3.8) is 0 Å². The van der Waals surface area contributed by atoms with Crippen LogP contribution in [0, 0.1) is 11.7 Å². The van der Waals surface area contributed by atoms with Crippen LogP contribution >= 0.6 is 23.7 Å². The molecule has 0 saturated carbocycles. The fourth-order valence-corrected chi connectivity index (χ4v) is 4.52. The molecule has 4 rings (SSSR count). The fourth-order valence-electron chi connectivity index (χ4n) is 3.65. The second kappa shape index (κ2) is 9.52. The molecule has 0 spiro atoms. The van der Waals surface area contributed by atoms with Crippen molar-refractivity contribution >= 4 is 45.6 Å². The minimum absolute atomic E-state index is 0. The van der Waals surface area contributed by atoms with Crippen LogP contribution in [0.3, 0.4) is 0 Å². The average molecular weight is 436 g/mol. The molecule has 1 saturated heterocycles. The van der Waals surface area contributed by atoms with E-state index < -0.39 is 0 Å². The number of carbonyl (C=O) groups is 1. The SMILES string of the molecule is Cl.O=C(NCCO)C1CCN(c2cc(-c3ccc(F)cc3)nc3ccsc23)CC1. The predicted molar refractivity (Wildman–Crippen MR) is 117 cm³/mol. The van der Waals surface area contributed by atoms with Crippen LogP contribution in [0.25, 0.3) is 21.5 Å². The molecule has 5 nitrogen and oxygen atoms in total. The lowest BCUT2D eigenvalue weighted by atomic mass is 9.95. The van der Waals surface area contributed by atoms with Crippen molar-refractivity contribution in [2.45, 2.75) is 12.8 Å². The summed E-state index contributed by atoms with van der Waals surface area (Å²) in [5, 5.41) is 13.7. The van der Waals surface area contributed by atoms with E-state index in [1.165, 1.54) is 12.1 Å². The Morgan fingerprint density at radius 3 is 2.66 bits per heavy atom. The first-order valence-corrected chi connectivity index (χ1v) is 10.3. The van der Waals surface area contributed by atoms with Gasteiger partial charge in [0.1, 0.15) is 5.82 Å². The maximum atomic E-state index is 13.3. The normalized spacial score (nSPS) is 14.6. The molecule has 0 radical (unpaired) electrons. The van der Waals surface area contributed by atoms with Crippen LogP contribution in [0.15, 0.2) is 41.8 Å². The number of hydrogen-bond acceptors (Lipinski definition) is 5. The van der Waals surface area contributed by atoms with Gasteiger partial charge in [-0.15, -0.1) is 23.7 Å². The van der Waals surface area contributed by atoms with E-state index in [-0.39, 0.29) is 36.7 Å². The van der Waals surface area contributed by atoms with Gasteiger partial charge in [0.15, 0.2) is 0 Å². The number of fused-ring (bicyclic) bond motifs is 1. The van der Waals surface area contributed by atoms with Gasteiger partial charge in [0, 0.05) is 31.1 Å². The lowest BCUT2D eigenvalue weighted by Gasteiger charge is -2.33. The minimum atomic E-state index is -0.262. The van der Waals surface area contributed by atoms with Gasteiger partial charge in [-0.25, -0.2) is 9.37 Å². The Bertz CT molecular complexity index is 972. The average Bonchev–Trinajstić information content (AvgIpc) is 3.20. The molecule has 1 aromatic carbocycles. The number of rotatable bonds is 5. The summed E-state index contributed by atoms with van der Waals surface area (Å²) in [4.78, 5) is 19.2. The zero-order valence-corrected chi connectivity index (χ0v) is 17.4. The Hall–Kier alpha value is -2.22. The number of hydrogen-bond donors (Lipinski definition) is 2. The molecule has 0 atom stereocenters. The number of anilines is 1. The molecule has 0 aliphatic carbocycles. The lowest BCUT2D eigenvalue weighted by Crippen LogP contribution is -2.41. The van der Waals surface area contributed by atoms with Crippen LogP contribution in [-0.2, 0) is 4.79 Å². The van der Waals surface area contributed by atoms with Gasteiger partial charge in [0.05, 0.1) is 28.2 Å². The molecule has 2 aromatic heterocycles. The van der Waals surface area contributed by atoms with Crippen molar-refractivity contribution in [2.24, 2.45) is 5.92 Å². The van der Waals surface area contributed by atoms with Crippen LogP contribution in [0.5, 0.6) is 0 Å². The van der Waals surface area contributed by atoms with Gasteiger partial charge in [0.25, 0.3) is 0 Å².